The summed E-state index contributed by atoms with van der Waals surface area (Å²) >= 11 is 6.09. The first-order chi connectivity index (χ1) is 13.3. The van der Waals surface area contributed by atoms with Crippen LogP contribution < -0.4 is 16.0 Å². The SMILES string of the molecule is CC(=O)Nc1ccc(C(=O)NN2C(=O)C(Cl)C2c2cccc(N([O-])O)c2)cc1. The molecule has 2 aromatic rings. The van der Waals surface area contributed by atoms with E-state index in [4.69, 9.17) is 16.8 Å². The molecule has 1 heterocycles. The minimum atomic E-state index is -0.920. The number of amides is 3. The van der Waals surface area contributed by atoms with Gasteiger partial charge in [0.2, 0.25) is 5.91 Å². The fraction of sp³-hybridized carbons (Fsp3) is 0.167. The number of anilines is 2. The lowest BCUT2D eigenvalue weighted by Crippen LogP contribution is -2.63. The minimum absolute atomic E-state index is 0.0273. The number of carbonyl (C=O) groups is 3. The van der Waals surface area contributed by atoms with Crippen molar-refractivity contribution >= 4 is 40.7 Å². The van der Waals surface area contributed by atoms with Gasteiger partial charge in [-0.05, 0) is 42.0 Å². The van der Waals surface area contributed by atoms with Crippen LogP contribution in [0, 0.1) is 5.21 Å². The third-order valence-corrected chi connectivity index (χ3v) is 4.58. The Labute approximate surface area is 165 Å². The van der Waals surface area contributed by atoms with Crippen molar-refractivity contribution in [2.75, 3.05) is 10.5 Å². The molecule has 0 radical (unpaired) electrons. The lowest BCUT2D eigenvalue weighted by molar-refractivity contribution is -0.149. The van der Waals surface area contributed by atoms with Gasteiger partial charge in [0.1, 0.15) is 11.4 Å². The van der Waals surface area contributed by atoms with E-state index in [-0.39, 0.29) is 22.4 Å². The molecule has 0 spiro atoms. The van der Waals surface area contributed by atoms with E-state index in [1.54, 1.807) is 18.2 Å². The van der Waals surface area contributed by atoms with Gasteiger partial charge in [0.25, 0.3) is 11.8 Å². The molecule has 0 saturated carbocycles. The zero-order chi connectivity index (χ0) is 20.4. The van der Waals surface area contributed by atoms with Crippen molar-refractivity contribution in [2.24, 2.45) is 0 Å². The van der Waals surface area contributed by atoms with Gasteiger partial charge in [-0.3, -0.25) is 25.0 Å². The molecule has 10 heteroatoms. The Balaban J connectivity index is 1.75. The summed E-state index contributed by atoms with van der Waals surface area (Å²) in [6.45, 7) is 1.37. The Morgan fingerprint density at radius 3 is 2.50 bits per heavy atom. The number of halogens is 1. The average molecular weight is 404 g/mol. The summed E-state index contributed by atoms with van der Waals surface area (Å²) in [4.78, 5) is 35.6. The van der Waals surface area contributed by atoms with E-state index in [2.05, 4.69) is 10.7 Å². The second kappa shape index (κ2) is 7.85. The highest BCUT2D eigenvalue weighted by Gasteiger charge is 2.48. The number of carbonyl (C=O) groups excluding carboxylic acids is 3. The largest absolute Gasteiger partial charge is 0.733 e. The van der Waals surface area contributed by atoms with Gasteiger partial charge in [-0.1, -0.05) is 12.1 Å². The molecule has 3 N–H and O–H groups in total. The molecule has 3 amide bonds. The third kappa shape index (κ3) is 3.91. The number of nitrogens with zero attached hydrogens (tertiary/aromatic N) is 2. The second-order valence-electron chi connectivity index (χ2n) is 6.12. The molecule has 1 fully saturated rings. The number of nitrogens with one attached hydrogen (secondary N) is 2. The van der Waals surface area contributed by atoms with Crippen molar-refractivity contribution in [3.8, 4) is 0 Å². The van der Waals surface area contributed by atoms with Crippen molar-refractivity contribution < 1.29 is 19.6 Å². The molecular weight excluding hydrogens is 388 g/mol. The first-order valence-electron chi connectivity index (χ1n) is 8.20. The highest BCUT2D eigenvalue weighted by Crippen LogP contribution is 2.38. The average Bonchev–Trinajstić information content (AvgIpc) is 2.67. The minimum Gasteiger partial charge on any atom is -0.733 e. The standard InChI is InChI=1S/C18H16ClN4O5/c1-10(24)20-13-7-5-11(6-8-13)17(25)21-22-16(15(19)18(22)26)12-3-2-4-14(9-12)23(27)28/h2-9,15-16,27H,1H3,(H,20,24)(H,21,25)/q-1. The highest BCUT2D eigenvalue weighted by atomic mass is 35.5. The lowest BCUT2D eigenvalue weighted by atomic mass is 9.95. The predicted octanol–water partition coefficient (Wildman–Crippen LogP) is 2.17. The van der Waals surface area contributed by atoms with Crippen LogP contribution in [0.15, 0.2) is 48.5 Å². The molecule has 28 heavy (non-hydrogen) atoms. The Morgan fingerprint density at radius 1 is 1.21 bits per heavy atom. The topological polar surface area (TPSA) is 125 Å². The molecule has 2 aromatic carbocycles. The molecule has 1 saturated heterocycles. The molecule has 2 atom stereocenters. The number of benzene rings is 2. The van der Waals surface area contributed by atoms with Crippen LogP contribution in [0.4, 0.5) is 11.4 Å². The normalized spacial score (nSPS) is 18.3. The van der Waals surface area contributed by atoms with Crippen LogP contribution in [-0.4, -0.2) is 33.3 Å². The fourth-order valence-corrected chi connectivity index (χ4v) is 3.17. The first kappa shape index (κ1) is 19.6. The number of hydrazine groups is 1. The molecule has 0 bridgehead atoms. The lowest BCUT2D eigenvalue weighted by Gasteiger charge is -2.44. The molecule has 0 aliphatic carbocycles. The summed E-state index contributed by atoms with van der Waals surface area (Å²) < 4.78 is 0. The number of alkyl halides is 1. The smallest absolute Gasteiger partial charge is 0.269 e. The van der Waals surface area contributed by atoms with Gasteiger partial charge in [0.05, 0.1) is 5.69 Å². The van der Waals surface area contributed by atoms with Crippen molar-refractivity contribution in [1.82, 2.24) is 10.4 Å². The zero-order valence-corrected chi connectivity index (χ0v) is 15.4. The fourth-order valence-electron chi connectivity index (χ4n) is 2.81. The van der Waals surface area contributed by atoms with Crippen LogP contribution >= 0.6 is 11.6 Å². The van der Waals surface area contributed by atoms with Crippen LogP contribution in [0.25, 0.3) is 0 Å². The van der Waals surface area contributed by atoms with Gasteiger partial charge in [-0.15, -0.1) is 11.6 Å². The Kier molecular flexibility index (Phi) is 5.50. The molecule has 146 valence electrons. The third-order valence-electron chi connectivity index (χ3n) is 4.15. The van der Waals surface area contributed by atoms with Crippen LogP contribution in [0.3, 0.4) is 0 Å². The van der Waals surface area contributed by atoms with E-state index < -0.39 is 23.2 Å². The number of rotatable bonds is 5. The molecule has 1 aliphatic heterocycles. The van der Waals surface area contributed by atoms with Gasteiger partial charge >= 0.3 is 0 Å². The predicted molar refractivity (Wildman–Crippen MR) is 102 cm³/mol. The van der Waals surface area contributed by atoms with E-state index in [0.717, 1.165) is 5.01 Å². The maximum atomic E-state index is 12.5. The summed E-state index contributed by atoms with van der Waals surface area (Å²) in [6.07, 6.45) is 0. The number of hydrogen-bond donors (Lipinski definition) is 3. The molecular formula is C18H16ClN4O5-. The molecule has 3 rings (SSSR count). The van der Waals surface area contributed by atoms with E-state index in [9.17, 15) is 19.6 Å². The Morgan fingerprint density at radius 2 is 1.89 bits per heavy atom. The van der Waals surface area contributed by atoms with Crippen molar-refractivity contribution in [3.63, 3.8) is 0 Å². The van der Waals surface area contributed by atoms with Crippen molar-refractivity contribution in [3.05, 3.63) is 64.9 Å². The summed E-state index contributed by atoms with van der Waals surface area (Å²) in [7, 11) is 0. The number of hydrogen-bond acceptors (Lipinski definition) is 6. The highest BCUT2D eigenvalue weighted by molar-refractivity contribution is 6.33. The molecule has 9 nitrogen and oxygen atoms in total. The molecule has 0 aromatic heterocycles. The van der Waals surface area contributed by atoms with E-state index in [1.165, 1.54) is 37.3 Å². The summed E-state index contributed by atoms with van der Waals surface area (Å²) in [6, 6.07) is 11.3. The molecule has 1 aliphatic rings. The van der Waals surface area contributed by atoms with E-state index in [0.29, 0.717) is 11.3 Å². The van der Waals surface area contributed by atoms with Crippen LogP contribution in [-0.2, 0) is 9.59 Å². The second-order valence-corrected chi connectivity index (χ2v) is 6.59. The summed E-state index contributed by atoms with van der Waals surface area (Å²) in [5.41, 5.74) is 3.75. The van der Waals surface area contributed by atoms with Crippen LogP contribution in [0.1, 0.15) is 28.9 Å². The maximum absolute atomic E-state index is 12.5. The van der Waals surface area contributed by atoms with E-state index >= 15 is 0 Å². The van der Waals surface area contributed by atoms with Gasteiger partial charge < -0.3 is 15.8 Å². The summed E-state index contributed by atoms with van der Waals surface area (Å²) in [5.74, 6) is -1.27. The molecule has 2 unspecified atom stereocenters. The first-order valence-corrected chi connectivity index (χ1v) is 8.63. The van der Waals surface area contributed by atoms with Gasteiger partial charge in [0.15, 0.2) is 0 Å². The van der Waals surface area contributed by atoms with Crippen LogP contribution in [0.5, 0.6) is 0 Å². The van der Waals surface area contributed by atoms with Crippen molar-refractivity contribution in [2.45, 2.75) is 18.3 Å². The van der Waals surface area contributed by atoms with Crippen molar-refractivity contribution in [1.29, 1.82) is 0 Å². The summed E-state index contributed by atoms with van der Waals surface area (Å²) in [5, 5.41) is 22.6. The van der Waals surface area contributed by atoms with Gasteiger partial charge in [-0.2, -0.15) is 0 Å². The van der Waals surface area contributed by atoms with Gasteiger partial charge in [-0.25, -0.2) is 5.01 Å². The zero-order valence-electron chi connectivity index (χ0n) is 14.6. The van der Waals surface area contributed by atoms with Crippen LogP contribution in [0.2, 0.25) is 0 Å². The maximum Gasteiger partial charge on any atom is 0.269 e. The quantitative estimate of drug-likeness (QED) is 0.399. The Bertz CT molecular complexity index is 918. The Hall–Kier alpha value is -3.14. The monoisotopic (exact) mass is 403 g/mol. The number of β-lactam (4-membered cyclic amide) rings is 1. The van der Waals surface area contributed by atoms with Gasteiger partial charge in [0, 0.05) is 18.2 Å². The van der Waals surface area contributed by atoms with E-state index in [1.807, 2.05) is 0 Å².